The Bertz CT molecular complexity index is 1610. The van der Waals surface area contributed by atoms with E-state index in [4.69, 9.17) is 21.1 Å². The summed E-state index contributed by atoms with van der Waals surface area (Å²) in [5.41, 5.74) is 1.65. The first-order valence-electron chi connectivity index (χ1n) is 11.0. The maximum Gasteiger partial charge on any atom is 0.433 e. The second-order valence-corrected chi connectivity index (χ2v) is 8.59. The van der Waals surface area contributed by atoms with Crippen LogP contribution in [0.1, 0.15) is 22.4 Å². The number of halogens is 4. The molecule has 2 aromatic heterocycles. The smallest absolute Gasteiger partial charge is 0.433 e. The Morgan fingerprint density at radius 3 is 2.68 bits per heavy atom. The summed E-state index contributed by atoms with van der Waals surface area (Å²) in [6, 6.07) is 16.9. The fourth-order valence-corrected chi connectivity index (χ4v) is 4.19. The molecule has 0 atom stereocenters. The zero-order valence-corrected chi connectivity index (χ0v) is 19.7. The van der Waals surface area contributed by atoms with Gasteiger partial charge in [0, 0.05) is 29.3 Å². The topological polar surface area (TPSA) is 90.0 Å². The highest BCUT2D eigenvalue weighted by Crippen LogP contribution is 2.33. The predicted octanol–water partition coefficient (Wildman–Crippen LogP) is 5.78. The first kappa shape index (κ1) is 24.3. The van der Waals surface area contributed by atoms with E-state index >= 15 is 0 Å². The minimum Gasteiger partial charge on any atom is -0.473 e. The van der Waals surface area contributed by atoms with Gasteiger partial charge in [-0.3, -0.25) is 4.57 Å². The van der Waals surface area contributed by atoms with E-state index in [2.05, 4.69) is 9.97 Å². The second-order valence-electron chi connectivity index (χ2n) is 8.16. The molecule has 0 radical (unpaired) electrons. The molecule has 0 unspecified atom stereocenters. The monoisotopic (exact) mass is 524 g/mol. The number of aromatic nitrogens is 3. The van der Waals surface area contributed by atoms with E-state index in [1.54, 1.807) is 22.8 Å². The third kappa shape index (κ3) is 5.13. The molecule has 0 aliphatic carbocycles. The summed E-state index contributed by atoms with van der Waals surface area (Å²) in [5, 5.41) is 10.1. The number of ether oxygens (including phenoxy) is 2. The first-order valence-corrected chi connectivity index (χ1v) is 11.4. The van der Waals surface area contributed by atoms with Crippen molar-refractivity contribution in [2.24, 2.45) is 0 Å². The van der Waals surface area contributed by atoms with Crippen molar-refractivity contribution in [3.8, 4) is 34.8 Å². The number of nitrogens with zero attached hydrogens (tertiary/aromatic N) is 4. The molecule has 0 amide bonds. The third-order valence-corrected chi connectivity index (χ3v) is 5.95. The number of fused-ring (bicyclic) bond motifs is 3. The lowest BCUT2D eigenvalue weighted by Crippen LogP contribution is -2.28. The van der Waals surface area contributed by atoms with Crippen molar-refractivity contribution in [2.45, 2.75) is 25.7 Å². The van der Waals surface area contributed by atoms with Gasteiger partial charge in [-0.1, -0.05) is 29.8 Å². The van der Waals surface area contributed by atoms with Crippen molar-refractivity contribution in [2.75, 3.05) is 0 Å². The van der Waals surface area contributed by atoms with Crippen LogP contribution >= 0.6 is 11.6 Å². The van der Waals surface area contributed by atoms with Crippen LogP contribution in [0.4, 0.5) is 13.2 Å². The summed E-state index contributed by atoms with van der Waals surface area (Å²) in [4.78, 5) is 20.0. The minimum absolute atomic E-state index is 0.0138. The van der Waals surface area contributed by atoms with Crippen LogP contribution in [0.5, 0.6) is 17.5 Å². The van der Waals surface area contributed by atoms with Crippen LogP contribution in [-0.2, 0) is 25.7 Å². The van der Waals surface area contributed by atoms with Crippen LogP contribution in [0, 0.1) is 11.3 Å². The molecule has 3 heterocycles. The highest BCUT2D eigenvalue weighted by atomic mass is 35.5. The number of aryl methyl sites for hydroxylation is 1. The average molecular weight is 525 g/mol. The molecule has 4 aromatic rings. The molecule has 11 heteroatoms. The summed E-state index contributed by atoms with van der Waals surface area (Å²) in [6.45, 7) is 0.461. The van der Waals surface area contributed by atoms with Gasteiger partial charge in [0.1, 0.15) is 24.1 Å². The molecule has 186 valence electrons. The molecular formula is C26H16ClF3N4O3. The third-order valence-electron chi connectivity index (χ3n) is 5.72. The zero-order valence-electron chi connectivity index (χ0n) is 18.9. The van der Waals surface area contributed by atoms with Gasteiger partial charge in [0.05, 0.1) is 11.3 Å². The Morgan fingerprint density at radius 2 is 1.89 bits per heavy atom. The van der Waals surface area contributed by atoms with E-state index < -0.39 is 17.6 Å². The molecule has 0 fully saturated rings. The summed E-state index contributed by atoms with van der Waals surface area (Å²) in [7, 11) is 0. The molecule has 1 aliphatic rings. The lowest BCUT2D eigenvalue weighted by Gasteiger charge is -2.21. The van der Waals surface area contributed by atoms with E-state index in [0.29, 0.717) is 29.2 Å². The van der Waals surface area contributed by atoms with Gasteiger partial charge < -0.3 is 9.47 Å². The van der Waals surface area contributed by atoms with Crippen LogP contribution in [0.25, 0.3) is 11.3 Å². The fourth-order valence-electron chi connectivity index (χ4n) is 3.99. The van der Waals surface area contributed by atoms with E-state index in [-0.39, 0.29) is 29.7 Å². The van der Waals surface area contributed by atoms with Crippen LogP contribution in [0.3, 0.4) is 0 Å². The van der Waals surface area contributed by atoms with Gasteiger partial charge in [-0.05, 0) is 47.9 Å². The summed E-state index contributed by atoms with van der Waals surface area (Å²) >= 11 is 6.10. The maximum absolute atomic E-state index is 12.9. The van der Waals surface area contributed by atoms with Crippen molar-refractivity contribution in [1.82, 2.24) is 14.5 Å². The van der Waals surface area contributed by atoms with Crippen molar-refractivity contribution in [3.63, 3.8) is 0 Å². The van der Waals surface area contributed by atoms with Crippen LogP contribution < -0.4 is 15.2 Å². The van der Waals surface area contributed by atoms with E-state index in [1.807, 2.05) is 18.2 Å². The van der Waals surface area contributed by atoms with Gasteiger partial charge in [-0.25, -0.2) is 9.78 Å². The maximum atomic E-state index is 12.9. The predicted molar refractivity (Wildman–Crippen MR) is 127 cm³/mol. The molecule has 37 heavy (non-hydrogen) atoms. The van der Waals surface area contributed by atoms with Crippen LogP contribution in [0.2, 0.25) is 5.02 Å². The van der Waals surface area contributed by atoms with Gasteiger partial charge >= 0.3 is 11.9 Å². The van der Waals surface area contributed by atoms with Crippen molar-refractivity contribution in [3.05, 3.63) is 98.6 Å². The molecule has 0 spiro atoms. The molecule has 1 aliphatic heterocycles. The van der Waals surface area contributed by atoms with Gasteiger partial charge in [-0.2, -0.15) is 23.4 Å². The standard InChI is InChI=1S/C26H16ClF3N4O3/c27-18-5-6-19-16(11-18)8-9-34-20(19)12-24(33-25(34)35)36-14-15-4-7-21(17(10-15)13-31)37-23-3-1-2-22(32-23)26(28,29)30/h1-7,10-12H,8-9,14H2. The molecule has 0 N–H and O–H groups in total. The number of hydrogen-bond donors (Lipinski definition) is 0. The molecule has 0 bridgehead atoms. The lowest BCUT2D eigenvalue weighted by molar-refractivity contribution is -0.141. The van der Waals surface area contributed by atoms with E-state index in [9.17, 15) is 23.2 Å². The van der Waals surface area contributed by atoms with Gasteiger partial charge in [-0.15, -0.1) is 0 Å². The zero-order chi connectivity index (χ0) is 26.2. The first-order chi connectivity index (χ1) is 17.7. The molecule has 0 saturated carbocycles. The fraction of sp³-hybridized carbons (Fsp3) is 0.154. The Labute approximate surface area is 213 Å². The summed E-state index contributed by atoms with van der Waals surface area (Å²) < 4.78 is 51.5. The number of nitriles is 1. The average Bonchev–Trinajstić information content (AvgIpc) is 2.87. The van der Waals surface area contributed by atoms with E-state index in [1.165, 1.54) is 24.3 Å². The lowest BCUT2D eigenvalue weighted by atomic mass is 9.98. The Kier molecular flexibility index (Phi) is 6.31. The highest BCUT2D eigenvalue weighted by molar-refractivity contribution is 6.30. The number of pyridine rings is 1. The Balaban J connectivity index is 1.35. The number of benzene rings is 2. The van der Waals surface area contributed by atoms with Gasteiger partial charge in [0.25, 0.3) is 0 Å². The van der Waals surface area contributed by atoms with Crippen molar-refractivity contribution >= 4 is 11.6 Å². The van der Waals surface area contributed by atoms with Crippen LogP contribution in [0.15, 0.2) is 65.5 Å². The number of alkyl halides is 3. The quantitative estimate of drug-likeness (QED) is 0.329. The van der Waals surface area contributed by atoms with Crippen LogP contribution in [-0.4, -0.2) is 14.5 Å². The highest BCUT2D eigenvalue weighted by Gasteiger charge is 2.32. The van der Waals surface area contributed by atoms with Crippen molar-refractivity contribution < 1.29 is 22.6 Å². The number of rotatable bonds is 5. The molecule has 7 nitrogen and oxygen atoms in total. The minimum atomic E-state index is -4.62. The second kappa shape index (κ2) is 9.59. The molecular weight excluding hydrogens is 509 g/mol. The summed E-state index contributed by atoms with van der Waals surface area (Å²) in [5.74, 6) is -0.139. The largest absolute Gasteiger partial charge is 0.473 e. The SMILES string of the molecule is N#Cc1cc(COc2cc3n(c(=O)n2)CCc2cc(Cl)ccc2-3)ccc1Oc1cccc(C(F)(F)F)n1. The van der Waals surface area contributed by atoms with Gasteiger partial charge in [0.2, 0.25) is 11.8 Å². The Morgan fingerprint density at radius 1 is 1.05 bits per heavy atom. The molecule has 5 rings (SSSR count). The molecule has 2 aromatic carbocycles. The number of hydrogen-bond acceptors (Lipinski definition) is 6. The Hall–Kier alpha value is -4.36. The van der Waals surface area contributed by atoms with E-state index in [0.717, 1.165) is 17.2 Å². The van der Waals surface area contributed by atoms with Crippen molar-refractivity contribution in [1.29, 1.82) is 5.26 Å². The van der Waals surface area contributed by atoms with Gasteiger partial charge in [0.15, 0.2) is 0 Å². The molecule has 0 saturated heterocycles. The normalized spacial score (nSPS) is 12.3. The summed E-state index contributed by atoms with van der Waals surface area (Å²) in [6.07, 6.45) is -3.97.